The number of para-hydroxylation sites is 1. The van der Waals surface area contributed by atoms with Crippen LogP contribution in [0.3, 0.4) is 0 Å². The van der Waals surface area contributed by atoms with Crippen molar-refractivity contribution in [2.24, 2.45) is 0 Å². The number of carbonyl (C=O) groups excluding carboxylic acids is 1. The van der Waals surface area contributed by atoms with E-state index in [0.717, 1.165) is 47.2 Å². The Morgan fingerprint density at radius 3 is 2.38 bits per heavy atom. The van der Waals surface area contributed by atoms with Crippen molar-refractivity contribution < 1.29 is 22.7 Å². The standard InChI is InChI=1S/C34H33F3N4O3S/c1-39(25-14-16-27(17-15-25)44-22-23-10-12-24(13-11-23)34(35,36)37)21-31(42)40-19-18-30-29(20-40)32(43)41(26-6-3-2-4-7-26)33(38-30)45-28-8-5-9-28/h2-4,6-7,10-17,28H,5,8-9,18-22H2,1H3. The van der Waals surface area contributed by atoms with Crippen LogP contribution in [0, 0.1) is 0 Å². The summed E-state index contributed by atoms with van der Waals surface area (Å²) in [6.07, 6.45) is -0.395. The molecule has 0 spiro atoms. The van der Waals surface area contributed by atoms with E-state index in [1.165, 1.54) is 18.6 Å². The Morgan fingerprint density at radius 1 is 1.02 bits per heavy atom. The van der Waals surface area contributed by atoms with Gasteiger partial charge in [0.25, 0.3) is 5.56 Å². The smallest absolute Gasteiger partial charge is 0.416 e. The van der Waals surface area contributed by atoms with Crippen molar-refractivity contribution in [2.45, 2.75) is 55.4 Å². The van der Waals surface area contributed by atoms with Crippen molar-refractivity contribution in [2.75, 3.05) is 25.0 Å². The Morgan fingerprint density at radius 2 is 1.73 bits per heavy atom. The highest BCUT2D eigenvalue weighted by Crippen LogP contribution is 2.36. The number of likely N-dealkylation sites (N-methyl/N-ethyl adjacent to an activating group) is 1. The number of benzene rings is 3. The van der Waals surface area contributed by atoms with E-state index in [9.17, 15) is 22.8 Å². The van der Waals surface area contributed by atoms with Gasteiger partial charge in [-0.3, -0.25) is 14.2 Å². The first-order valence-electron chi connectivity index (χ1n) is 14.9. The van der Waals surface area contributed by atoms with Gasteiger partial charge in [0.15, 0.2) is 5.16 Å². The number of nitrogens with zero attached hydrogens (tertiary/aromatic N) is 4. The molecular formula is C34H33F3N4O3S. The zero-order chi connectivity index (χ0) is 31.6. The number of thioether (sulfide) groups is 1. The number of hydrogen-bond donors (Lipinski definition) is 0. The summed E-state index contributed by atoms with van der Waals surface area (Å²) in [6.45, 7) is 0.957. The summed E-state index contributed by atoms with van der Waals surface area (Å²) in [4.78, 5) is 35.8. The molecule has 1 saturated carbocycles. The molecular weight excluding hydrogens is 601 g/mol. The van der Waals surface area contributed by atoms with Crippen molar-refractivity contribution in [1.82, 2.24) is 14.5 Å². The van der Waals surface area contributed by atoms with Crippen LogP contribution in [0.5, 0.6) is 5.75 Å². The van der Waals surface area contributed by atoms with Gasteiger partial charge in [-0.05, 0) is 66.9 Å². The summed E-state index contributed by atoms with van der Waals surface area (Å²) >= 11 is 1.67. The lowest BCUT2D eigenvalue weighted by atomic mass is 10.0. The summed E-state index contributed by atoms with van der Waals surface area (Å²) in [7, 11) is 1.82. The number of amides is 1. The van der Waals surface area contributed by atoms with Gasteiger partial charge in [-0.1, -0.05) is 48.5 Å². The van der Waals surface area contributed by atoms with Crippen LogP contribution in [0.25, 0.3) is 5.69 Å². The Hall–Kier alpha value is -4.25. The van der Waals surface area contributed by atoms with Crippen LogP contribution in [-0.2, 0) is 30.5 Å². The molecule has 7 nitrogen and oxygen atoms in total. The van der Waals surface area contributed by atoms with Gasteiger partial charge in [-0.2, -0.15) is 13.2 Å². The molecule has 234 valence electrons. The molecule has 1 aliphatic carbocycles. The Labute approximate surface area is 263 Å². The van der Waals surface area contributed by atoms with Crippen LogP contribution in [0.4, 0.5) is 18.9 Å². The fraction of sp³-hybridized carbons (Fsp3) is 0.324. The van der Waals surface area contributed by atoms with Crippen molar-refractivity contribution in [3.05, 3.63) is 112 Å². The number of alkyl halides is 3. The molecule has 4 aromatic rings. The number of carbonyl (C=O) groups is 1. The maximum absolute atomic E-state index is 13.9. The molecule has 6 rings (SSSR count). The van der Waals surface area contributed by atoms with Crippen LogP contribution in [0.1, 0.15) is 41.6 Å². The third kappa shape index (κ3) is 7.03. The van der Waals surface area contributed by atoms with E-state index in [0.29, 0.717) is 35.1 Å². The first kappa shape index (κ1) is 30.8. The Kier molecular flexibility index (Phi) is 8.89. The molecule has 0 saturated heterocycles. The predicted octanol–water partition coefficient (Wildman–Crippen LogP) is 6.50. The molecule has 2 aliphatic rings. The number of anilines is 1. The van der Waals surface area contributed by atoms with E-state index >= 15 is 0 Å². The van der Waals surface area contributed by atoms with Gasteiger partial charge in [0.2, 0.25) is 5.91 Å². The lowest BCUT2D eigenvalue weighted by molar-refractivity contribution is -0.137. The molecule has 0 bridgehead atoms. The number of ether oxygens (including phenoxy) is 1. The SMILES string of the molecule is CN(CC(=O)N1CCc2nc(SC3CCC3)n(-c3ccccc3)c(=O)c2C1)c1ccc(OCc2ccc(C(F)(F)F)cc2)cc1. The van der Waals surface area contributed by atoms with E-state index < -0.39 is 11.7 Å². The highest BCUT2D eigenvalue weighted by molar-refractivity contribution is 7.99. The minimum absolute atomic E-state index is 0.0932. The highest BCUT2D eigenvalue weighted by Gasteiger charge is 2.30. The summed E-state index contributed by atoms with van der Waals surface area (Å²) in [6, 6.07) is 21.6. The van der Waals surface area contributed by atoms with Crippen LogP contribution in [0.15, 0.2) is 88.8 Å². The molecule has 2 heterocycles. The van der Waals surface area contributed by atoms with E-state index in [1.807, 2.05) is 54.4 Å². The first-order valence-corrected chi connectivity index (χ1v) is 15.8. The van der Waals surface area contributed by atoms with Crippen LogP contribution >= 0.6 is 11.8 Å². The van der Waals surface area contributed by atoms with Gasteiger partial charge in [-0.15, -0.1) is 0 Å². The molecule has 0 atom stereocenters. The monoisotopic (exact) mass is 634 g/mol. The largest absolute Gasteiger partial charge is 0.489 e. The second kappa shape index (κ2) is 13.0. The van der Waals surface area contributed by atoms with E-state index in [-0.39, 0.29) is 31.2 Å². The normalized spacial score (nSPS) is 14.9. The predicted molar refractivity (Wildman–Crippen MR) is 168 cm³/mol. The summed E-state index contributed by atoms with van der Waals surface area (Å²) in [5, 5.41) is 1.20. The zero-order valence-corrected chi connectivity index (χ0v) is 25.6. The second-order valence-electron chi connectivity index (χ2n) is 11.4. The summed E-state index contributed by atoms with van der Waals surface area (Å²) in [5.74, 6) is 0.465. The van der Waals surface area contributed by atoms with Crippen LogP contribution < -0.4 is 15.2 Å². The van der Waals surface area contributed by atoms with Crippen molar-refractivity contribution in [3.63, 3.8) is 0 Å². The van der Waals surface area contributed by atoms with Crippen LogP contribution in [-0.4, -0.2) is 45.7 Å². The Balaban J connectivity index is 1.09. The molecule has 0 radical (unpaired) electrons. The number of halogens is 3. The lowest BCUT2D eigenvalue weighted by Crippen LogP contribution is -2.44. The van der Waals surface area contributed by atoms with Gasteiger partial charge in [0, 0.05) is 31.0 Å². The van der Waals surface area contributed by atoms with Gasteiger partial charge in [-0.25, -0.2) is 4.98 Å². The van der Waals surface area contributed by atoms with Crippen molar-refractivity contribution >= 4 is 23.4 Å². The van der Waals surface area contributed by atoms with Crippen molar-refractivity contribution in [1.29, 1.82) is 0 Å². The molecule has 1 aliphatic heterocycles. The molecule has 1 amide bonds. The first-order chi connectivity index (χ1) is 21.7. The highest BCUT2D eigenvalue weighted by atomic mass is 32.2. The molecule has 3 aromatic carbocycles. The maximum Gasteiger partial charge on any atom is 0.416 e. The fourth-order valence-corrected chi connectivity index (χ4v) is 6.66. The third-order valence-corrected chi connectivity index (χ3v) is 9.52. The third-order valence-electron chi connectivity index (χ3n) is 8.23. The Bertz CT molecular complexity index is 1710. The van der Waals surface area contributed by atoms with E-state index in [2.05, 4.69) is 0 Å². The molecule has 45 heavy (non-hydrogen) atoms. The minimum Gasteiger partial charge on any atom is -0.489 e. The number of rotatable bonds is 9. The zero-order valence-electron chi connectivity index (χ0n) is 24.8. The number of aromatic nitrogens is 2. The molecule has 1 aromatic heterocycles. The second-order valence-corrected chi connectivity index (χ2v) is 12.6. The van der Waals surface area contributed by atoms with Crippen molar-refractivity contribution in [3.8, 4) is 11.4 Å². The molecule has 0 N–H and O–H groups in total. The van der Waals surface area contributed by atoms with Gasteiger partial charge < -0.3 is 14.5 Å². The quantitative estimate of drug-likeness (QED) is 0.196. The van der Waals surface area contributed by atoms with Crippen LogP contribution in [0.2, 0.25) is 0 Å². The average Bonchev–Trinajstić information content (AvgIpc) is 3.02. The minimum atomic E-state index is -4.37. The fourth-order valence-electron chi connectivity index (χ4n) is 5.34. The number of fused-ring (bicyclic) bond motifs is 1. The average molecular weight is 635 g/mol. The molecule has 11 heteroatoms. The van der Waals surface area contributed by atoms with E-state index in [4.69, 9.17) is 9.72 Å². The number of hydrogen-bond acceptors (Lipinski definition) is 6. The topological polar surface area (TPSA) is 67.7 Å². The summed E-state index contributed by atoms with van der Waals surface area (Å²) < 4.78 is 45.8. The molecule has 1 fully saturated rings. The summed E-state index contributed by atoms with van der Waals surface area (Å²) in [5.41, 5.74) is 2.72. The molecule has 0 unspecified atom stereocenters. The maximum atomic E-state index is 13.9. The van der Waals surface area contributed by atoms with Gasteiger partial charge in [0.05, 0.1) is 35.6 Å². The van der Waals surface area contributed by atoms with Gasteiger partial charge >= 0.3 is 6.18 Å². The van der Waals surface area contributed by atoms with E-state index in [1.54, 1.807) is 33.4 Å². The van der Waals surface area contributed by atoms with Gasteiger partial charge in [0.1, 0.15) is 12.4 Å². The lowest BCUT2D eigenvalue weighted by Gasteiger charge is -2.31.